The third-order valence-electron chi connectivity index (χ3n) is 6.00. The van der Waals surface area contributed by atoms with Crippen LogP contribution >= 0.6 is 0 Å². The fourth-order valence-corrected chi connectivity index (χ4v) is 4.49. The molecule has 0 unspecified atom stereocenters. The molecule has 28 heavy (non-hydrogen) atoms. The van der Waals surface area contributed by atoms with E-state index in [2.05, 4.69) is 9.80 Å². The van der Waals surface area contributed by atoms with Crippen LogP contribution < -0.4 is 9.47 Å². The molecule has 0 saturated carbocycles. The molecule has 2 saturated heterocycles. The molecular formula is C23H26N2O3. The largest absolute Gasteiger partial charge is 0.477 e. The quantitative estimate of drug-likeness (QED) is 0.653. The van der Waals surface area contributed by atoms with Gasteiger partial charge in [-0.15, -0.1) is 0 Å². The van der Waals surface area contributed by atoms with Crippen LogP contribution in [0.25, 0.3) is 11.1 Å². The fraction of sp³-hybridized carbons (Fsp3) is 0.435. The van der Waals surface area contributed by atoms with Gasteiger partial charge in [-0.25, -0.2) is 0 Å². The summed E-state index contributed by atoms with van der Waals surface area (Å²) < 4.78 is 12.2. The minimum Gasteiger partial charge on any atom is -0.477 e. The maximum Gasteiger partial charge on any atom is 0.198 e. The van der Waals surface area contributed by atoms with Crippen molar-refractivity contribution in [1.29, 1.82) is 0 Å². The average Bonchev–Trinajstić information content (AvgIpc) is 3.47. The molecule has 0 bridgehead atoms. The van der Waals surface area contributed by atoms with Gasteiger partial charge >= 0.3 is 0 Å². The lowest BCUT2D eigenvalue weighted by Crippen LogP contribution is -2.24. The van der Waals surface area contributed by atoms with Gasteiger partial charge in [-0.05, 0) is 37.8 Å². The second-order valence-electron chi connectivity index (χ2n) is 7.88. The third-order valence-corrected chi connectivity index (χ3v) is 6.00. The van der Waals surface area contributed by atoms with E-state index in [9.17, 15) is 4.79 Å². The molecule has 5 heteroatoms. The van der Waals surface area contributed by atoms with E-state index in [1.807, 2.05) is 36.4 Å². The molecule has 0 amide bonds. The van der Waals surface area contributed by atoms with Crippen molar-refractivity contribution in [2.75, 3.05) is 39.6 Å². The number of nitrogens with zero attached hydrogens (tertiary/aromatic N) is 2. The summed E-state index contributed by atoms with van der Waals surface area (Å²) in [7, 11) is 0. The molecule has 0 N–H and O–H groups in total. The number of carbonyl (C=O) groups is 1. The van der Waals surface area contributed by atoms with Gasteiger partial charge in [-0.2, -0.15) is 0 Å². The van der Waals surface area contributed by atoms with Gasteiger partial charge < -0.3 is 9.47 Å². The molecule has 5 rings (SSSR count). The van der Waals surface area contributed by atoms with E-state index < -0.39 is 0 Å². The van der Waals surface area contributed by atoms with Gasteiger partial charge in [-0.3, -0.25) is 14.6 Å². The number of fused-ring (bicyclic) bond motifs is 3. The van der Waals surface area contributed by atoms with Crippen LogP contribution in [-0.4, -0.2) is 55.2 Å². The molecule has 2 aromatic carbocycles. The molecule has 5 nitrogen and oxygen atoms in total. The molecule has 1 aliphatic carbocycles. The molecule has 3 aliphatic rings. The van der Waals surface area contributed by atoms with Crippen LogP contribution in [0, 0.1) is 0 Å². The first-order valence-corrected chi connectivity index (χ1v) is 10.3. The summed E-state index contributed by atoms with van der Waals surface area (Å²) in [5.74, 6) is 1.50. The van der Waals surface area contributed by atoms with Gasteiger partial charge in [0.15, 0.2) is 5.78 Å². The zero-order valence-electron chi connectivity index (χ0n) is 16.2. The Morgan fingerprint density at radius 1 is 0.679 bits per heavy atom. The van der Waals surface area contributed by atoms with Crippen molar-refractivity contribution in [3.05, 3.63) is 47.5 Å². The summed E-state index contributed by atoms with van der Waals surface area (Å²) in [6.07, 6.45) is 4.90. The molecule has 0 aromatic heterocycles. The van der Waals surface area contributed by atoms with Gasteiger partial charge in [-0.1, -0.05) is 24.3 Å². The zero-order valence-corrected chi connectivity index (χ0v) is 16.2. The van der Waals surface area contributed by atoms with Crippen molar-refractivity contribution in [2.24, 2.45) is 0 Å². The van der Waals surface area contributed by atoms with E-state index in [4.69, 9.17) is 9.47 Å². The molecule has 2 heterocycles. The summed E-state index contributed by atoms with van der Waals surface area (Å²) in [6, 6.07) is 11.7. The van der Waals surface area contributed by atoms with E-state index in [1.54, 1.807) is 0 Å². The van der Waals surface area contributed by atoms with E-state index in [-0.39, 0.29) is 5.78 Å². The van der Waals surface area contributed by atoms with E-state index in [0.29, 0.717) is 30.3 Å². The highest BCUT2D eigenvalue weighted by molar-refractivity contribution is 6.24. The molecule has 0 radical (unpaired) electrons. The van der Waals surface area contributed by atoms with Crippen molar-refractivity contribution < 1.29 is 14.3 Å². The molecule has 0 atom stereocenters. The smallest absolute Gasteiger partial charge is 0.198 e. The van der Waals surface area contributed by atoms with Crippen LogP contribution in [0.15, 0.2) is 36.4 Å². The highest BCUT2D eigenvalue weighted by Gasteiger charge is 2.32. The predicted molar refractivity (Wildman–Crippen MR) is 108 cm³/mol. The van der Waals surface area contributed by atoms with Gasteiger partial charge in [0.2, 0.25) is 0 Å². The topological polar surface area (TPSA) is 42.0 Å². The van der Waals surface area contributed by atoms with Crippen LogP contribution in [0.1, 0.15) is 41.6 Å². The van der Waals surface area contributed by atoms with Crippen molar-refractivity contribution in [3.63, 3.8) is 0 Å². The Hall–Kier alpha value is -2.37. The normalized spacial score (nSPS) is 19.1. The van der Waals surface area contributed by atoms with Gasteiger partial charge in [0.05, 0.1) is 5.56 Å². The Balaban J connectivity index is 1.42. The summed E-state index contributed by atoms with van der Waals surface area (Å²) in [4.78, 5) is 17.8. The Morgan fingerprint density at radius 2 is 1.18 bits per heavy atom. The maximum atomic E-state index is 13.2. The fourth-order valence-electron chi connectivity index (χ4n) is 4.49. The van der Waals surface area contributed by atoms with Crippen molar-refractivity contribution in [2.45, 2.75) is 25.7 Å². The maximum absolute atomic E-state index is 13.2. The number of benzene rings is 2. The first-order chi connectivity index (χ1) is 13.8. The Bertz CT molecular complexity index is 883. The Labute approximate surface area is 165 Å². The van der Waals surface area contributed by atoms with Crippen LogP contribution in [-0.2, 0) is 0 Å². The summed E-state index contributed by atoms with van der Waals surface area (Å²) in [6.45, 7) is 5.41. The molecule has 146 valence electrons. The lowest BCUT2D eigenvalue weighted by molar-refractivity contribution is 0.103. The van der Waals surface area contributed by atoms with Gasteiger partial charge in [0.1, 0.15) is 25.0 Å². The number of hydrogen-bond donors (Lipinski definition) is 0. The highest BCUT2D eigenvalue weighted by Crippen LogP contribution is 2.45. The average molecular weight is 378 g/mol. The third kappa shape index (κ3) is 3.19. The summed E-state index contributed by atoms with van der Waals surface area (Å²) in [5.41, 5.74) is 3.23. The second-order valence-corrected chi connectivity index (χ2v) is 7.88. The van der Waals surface area contributed by atoms with Gasteiger partial charge in [0.25, 0.3) is 0 Å². The van der Waals surface area contributed by atoms with Crippen LogP contribution in [0.2, 0.25) is 0 Å². The van der Waals surface area contributed by atoms with Crippen molar-refractivity contribution in [1.82, 2.24) is 9.80 Å². The molecule has 0 spiro atoms. The number of rotatable bonds is 6. The van der Waals surface area contributed by atoms with Crippen LogP contribution in [0.3, 0.4) is 0 Å². The number of carbonyl (C=O) groups excluding carboxylic acids is 1. The molecule has 2 aromatic rings. The lowest BCUT2D eigenvalue weighted by Gasteiger charge is -2.18. The minimum atomic E-state index is 0.0358. The van der Waals surface area contributed by atoms with E-state index in [1.165, 1.54) is 25.7 Å². The minimum absolute atomic E-state index is 0.0358. The lowest BCUT2D eigenvalue weighted by atomic mass is 10.0. The second kappa shape index (κ2) is 7.57. The SMILES string of the molecule is O=C1c2cccc(OCN3CCCC3)c2-c2cccc(OCN3CCCC3)c21. The van der Waals surface area contributed by atoms with Crippen molar-refractivity contribution >= 4 is 5.78 Å². The number of ketones is 1. The molecule has 2 aliphatic heterocycles. The summed E-state index contributed by atoms with van der Waals surface area (Å²) >= 11 is 0. The Morgan fingerprint density at radius 3 is 1.75 bits per heavy atom. The van der Waals surface area contributed by atoms with Crippen LogP contribution in [0.4, 0.5) is 0 Å². The van der Waals surface area contributed by atoms with E-state index >= 15 is 0 Å². The van der Waals surface area contributed by atoms with Gasteiger partial charge in [0, 0.05) is 42.9 Å². The Kier molecular flexibility index (Phi) is 4.79. The standard InChI is InChI=1S/C23H26N2O3/c26-23-18-8-6-9-19(27-15-24-11-1-2-12-24)21(18)17-7-5-10-20(22(17)23)28-16-25-13-3-4-14-25/h5-10H,1-4,11-16H2. The zero-order chi connectivity index (χ0) is 18.9. The summed E-state index contributed by atoms with van der Waals surface area (Å²) in [5, 5.41) is 0. The number of hydrogen-bond acceptors (Lipinski definition) is 5. The first kappa shape index (κ1) is 17.7. The predicted octanol–water partition coefficient (Wildman–Crippen LogP) is 3.76. The number of likely N-dealkylation sites (tertiary alicyclic amines) is 2. The monoisotopic (exact) mass is 378 g/mol. The van der Waals surface area contributed by atoms with Crippen molar-refractivity contribution in [3.8, 4) is 22.6 Å². The number of ether oxygens (including phenoxy) is 2. The molecular weight excluding hydrogens is 352 g/mol. The first-order valence-electron chi connectivity index (χ1n) is 10.3. The molecule has 2 fully saturated rings. The highest BCUT2D eigenvalue weighted by atomic mass is 16.5. The van der Waals surface area contributed by atoms with Crippen LogP contribution in [0.5, 0.6) is 11.5 Å². The van der Waals surface area contributed by atoms with E-state index in [0.717, 1.165) is 43.1 Å².